The van der Waals surface area contributed by atoms with Gasteiger partial charge in [0, 0.05) is 11.5 Å². The molecule has 0 aromatic heterocycles. The summed E-state index contributed by atoms with van der Waals surface area (Å²) in [6.07, 6.45) is 0. The van der Waals surface area contributed by atoms with Gasteiger partial charge in [-0.25, -0.2) is 0 Å². The first kappa shape index (κ1) is 7.28. The Bertz CT molecular complexity index is 21.5. The molecule has 0 saturated carbocycles. The first-order valence-corrected chi connectivity index (χ1v) is 5.01. The van der Waals surface area contributed by atoms with Gasteiger partial charge < -0.3 is 0 Å². The van der Waals surface area contributed by atoms with E-state index in [4.69, 9.17) is 21.4 Å². The average molecular weight is 163 g/mol. The van der Waals surface area contributed by atoms with Crippen LogP contribution >= 0.6 is 43.3 Å². The fourth-order valence-corrected chi connectivity index (χ4v) is 1.70. The van der Waals surface area contributed by atoms with Gasteiger partial charge in [-0.3, -0.25) is 0 Å². The van der Waals surface area contributed by atoms with E-state index in [-0.39, 0.29) is 0 Å². The van der Waals surface area contributed by atoms with Crippen LogP contribution in [0.15, 0.2) is 0 Å². The van der Waals surface area contributed by atoms with Gasteiger partial charge in [-0.2, -0.15) is 0 Å². The molecule has 4 heteroatoms. The second kappa shape index (κ2) is 6.28. The van der Waals surface area contributed by atoms with E-state index in [0.29, 0.717) is 0 Å². The SMILES string of the molecule is ClSCCSCl. The normalized spacial score (nSPS) is 9.00. The topological polar surface area (TPSA) is 0 Å². The van der Waals surface area contributed by atoms with Crippen LogP contribution in [-0.4, -0.2) is 11.5 Å². The van der Waals surface area contributed by atoms with Crippen molar-refractivity contribution in [1.82, 2.24) is 0 Å². The second-order valence-electron chi connectivity index (χ2n) is 0.626. The quantitative estimate of drug-likeness (QED) is 0.586. The summed E-state index contributed by atoms with van der Waals surface area (Å²) in [5.74, 6) is 1.85. The highest BCUT2D eigenvalue weighted by Crippen LogP contribution is 2.11. The van der Waals surface area contributed by atoms with E-state index in [9.17, 15) is 0 Å². The number of rotatable bonds is 3. The molecule has 0 heterocycles. The Balaban J connectivity index is 2.34. The van der Waals surface area contributed by atoms with Crippen LogP contribution in [0.25, 0.3) is 0 Å². The average Bonchev–Trinajstić information content (AvgIpc) is 1.61. The monoisotopic (exact) mass is 162 g/mol. The molecule has 0 aromatic rings. The Morgan fingerprint density at radius 3 is 1.50 bits per heavy atom. The predicted molar refractivity (Wildman–Crippen MR) is 36.6 cm³/mol. The van der Waals surface area contributed by atoms with Crippen LogP contribution in [0.1, 0.15) is 0 Å². The van der Waals surface area contributed by atoms with Crippen LogP contribution in [0.3, 0.4) is 0 Å². The molecule has 0 unspecified atom stereocenters. The van der Waals surface area contributed by atoms with Crippen molar-refractivity contribution in [3.8, 4) is 0 Å². The highest BCUT2D eigenvalue weighted by Gasteiger charge is 1.79. The predicted octanol–water partition coefficient (Wildman–Crippen LogP) is 2.76. The molecular weight excluding hydrogens is 159 g/mol. The van der Waals surface area contributed by atoms with E-state index in [1.165, 1.54) is 22.0 Å². The van der Waals surface area contributed by atoms with E-state index in [1.54, 1.807) is 0 Å². The fourth-order valence-electron chi connectivity index (χ4n) is 0.0630. The maximum atomic E-state index is 5.22. The lowest BCUT2D eigenvalue weighted by molar-refractivity contribution is 1.58. The van der Waals surface area contributed by atoms with E-state index >= 15 is 0 Å². The Hall–Kier alpha value is 1.28. The Morgan fingerprint density at radius 2 is 1.33 bits per heavy atom. The van der Waals surface area contributed by atoms with Crippen molar-refractivity contribution in [2.45, 2.75) is 0 Å². The summed E-state index contributed by atoms with van der Waals surface area (Å²) in [6, 6.07) is 0. The van der Waals surface area contributed by atoms with Crippen molar-refractivity contribution >= 4 is 43.3 Å². The van der Waals surface area contributed by atoms with E-state index in [1.807, 2.05) is 0 Å². The molecule has 6 heavy (non-hydrogen) atoms. The van der Waals surface area contributed by atoms with Crippen LogP contribution in [0.5, 0.6) is 0 Å². The summed E-state index contributed by atoms with van der Waals surface area (Å²) in [4.78, 5) is 0. The zero-order valence-corrected chi connectivity index (χ0v) is 6.13. The maximum absolute atomic E-state index is 5.22. The molecule has 0 atom stereocenters. The van der Waals surface area contributed by atoms with E-state index in [0.717, 1.165) is 11.5 Å². The summed E-state index contributed by atoms with van der Waals surface area (Å²) < 4.78 is 0. The first-order valence-electron chi connectivity index (χ1n) is 1.39. The highest BCUT2D eigenvalue weighted by atomic mass is 35.7. The third-order valence-electron chi connectivity index (χ3n) is 0.238. The van der Waals surface area contributed by atoms with Crippen molar-refractivity contribution in [1.29, 1.82) is 0 Å². The van der Waals surface area contributed by atoms with Crippen LogP contribution in [0.2, 0.25) is 0 Å². The lowest BCUT2D eigenvalue weighted by Gasteiger charge is -1.82. The zero-order chi connectivity index (χ0) is 4.83. The Labute approximate surface area is 55.0 Å². The minimum absolute atomic E-state index is 0.926. The molecule has 0 bridgehead atoms. The lowest BCUT2D eigenvalue weighted by atomic mass is 11.0. The van der Waals surface area contributed by atoms with Crippen LogP contribution in [-0.2, 0) is 0 Å². The molecule has 0 radical (unpaired) electrons. The Morgan fingerprint density at radius 1 is 1.00 bits per heavy atom. The number of hydrogen-bond acceptors (Lipinski definition) is 2. The van der Waals surface area contributed by atoms with Crippen LogP contribution in [0.4, 0.5) is 0 Å². The van der Waals surface area contributed by atoms with Gasteiger partial charge in [0.2, 0.25) is 0 Å². The molecule has 0 aliphatic carbocycles. The van der Waals surface area contributed by atoms with Crippen molar-refractivity contribution in [2.75, 3.05) is 11.5 Å². The number of hydrogen-bond donors (Lipinski definition) is 0. The van der Waals surface area contributed by atoms with Crippen molar-refractivity contribution in [2.24, 2.45) is 0 Å². The van der Waals surface area contributed by atoms with Gasteiger partial charge in [-0.1, -0.05) is 22.0 Å². The van der Waals surface area contributed by atoms with Gasteiger partial charge in [0.05, 0.1) is 0 Å². The minimum Gasteiger partial charge on any atom is -0.0549 e. The summed E-state index contributed by atoms with van der Waals surface area (Å²) in [5.41, 5.74) is 0. The molecule has 0 amide bonds. The van der Waals surface area contributed by atoms with Crippen LogP contribution < -0.4 is 0 Å². The van der Waals surface area contributed by atoms with Crippen molar-refractivity contribution < 1.29 is 0 Å². The molecule has 0 aliphatic rings. The molecule has 0 fully saturated rings. The molecular formula is C2H4Cl2S2. The van der Waals surface area contributed by atoms with Gasteiger partial charge in [0.1, 0.15) is 0 Å². The minimum atomic E-state index is 0.926. The smallest absolute Gasteiger partial charge is 0.0188 e. The Kier molecular flexibility index (Phi) is 7.62. The molecule has 0 aromatic carbocycles. The zero-order valence-electron chi connectivity index (χ0n) is 2.99. The number of halogens is 2. The van der Waals surface area contributed by atoms with Crippen molar-refractivity contribution in [3.63, 3.8) is 0 Å². The van der Waals surface area contributed by atoms with E-state index in [2.05, 4.69) is 0 Å². The third kappa shape index (κ3) is 5.28. The van der Waals surface area contributed by atoms with Gasteiger partial charge in [-0.15, -0.1) is 0 Å². The summed E-state index contributed by atoms with van der Waals surface area (Å²) in [7, 11) is 13.0. The van der Waals surface area contributed by atoms with Gasteiger partial charge >= 0.3 is 0 Å². The first-order chi connectivity index (χ1) is 2.91. The van der Waals surface area contributed by atoms with Gasteiger partial charge in [0.15, 0.2) is 0 Å². The maximum Gasteiger partial charge on any atom is 0.0188 e. The molecule has 0 aliphatic heterocycles. The second-order valence-corrected chi connectivity index (χ2v) is 3.19. The molecule has 38 valence electrons. The lowest BCUT2D eigenvalue weighted by Crippen LogP contribution is -1.72. The largest absolute Gasteiger partial charge is 0.0549 e. The summed E-state index contributed by atoms with van der Waals surface area (Å²) in [6.45, 7) is 0. The molecule has 0 nitrogen and oxygen atoms in total. The van der Waals surface area contributed by atoms with Gasteiger partial charge in [0.25, 0.3) is 0 Å². The van der Waals surface area contributed by atoms with Crippen LogP contribution in [0, 0.1) is 0 Å². The summed E-state index contributed by atoms with van der Waals surface area (Å²) in [5, 5.41) is 0. The molecule has 0 rings (SSSR count). The fraction of sp³-hybridized carbons (Fsp3) is 1.00. The van der Waals surface area contributed by atoms with Crippen molar-refractivity contribution in [3.05, 3.63) is 0 Å². The highest BCUT2D eigenvalue weighted by molar-refractivity contribution is 8.24. The summed E-state index contributed by atoms with van der Waals surface area (Å²) >= 11 is 0. The standard InChI is InChI=1S/C2H4Cl2S2/c3-5-1-2-6-4/h1-2H2. The molecule has 0 N–H and O–H groups in total. The van der Waals surface area contributed by atoms with E-state index < -0.39 is 0 Å². The molecule has 0 spiro atoms. The van der Waals surface area contributed by atoms with Gasteiger partial charge in [-0.05, 0) is 21.4 Å². The molecule has 0 saturated heterocycles. The third-order valence-corrected chi connectivity index (χ3v) is 2.14.